The molecule has 0 saturated heterocycles. The van der Waals surface area contributed by atoms with Gasteiger partial charge in [0.05, 0.1) is 11.7 Å². The first-order valence-electron chi connectivity index (χ1n) is 7.79. The molecule has 4 heteroatoms. The van der Waals surface area contributed by atoms with Gasteiger partial charge in [0.1, 0.15) is 0 Å². The average Bonchev–Trinajstić information content (AvgIpc) is 3.17. The summed E-state index contributed by atoms with van der Waals surface area (Å²) in [5, 5.41) is 9.58. The van der Waals surface area contributed by atoms with E-state index in [-0.39, 0.29) is 6.04 Å². The Morgan fingerprint density at radius 1 is 0.792 bits per heavy atom. The Balaban J connectivity index is 1.96. The molecule has 1 unspecified atom stereocenters. The Hall–Kier alpha value is -2.43. The van der Waals surface area contributed by atoms with Gasteiger partial charge in [0, 0.05) is 10.5 Å². The normalized spacial score (nSPS) is 17.3. The summed E-state index contributed by atoms with van der Waals surface area (Å²) in [5.41, 5.74) is 4.63. The molecule has 2 N–H and O–H groups in total. The van der Waals surface area contributed by atoms with Gasteiger partial charge >= 0.3 is 0 Å². The summed E-state index contributed by atoms with van der Waals surface area (Å²) in [6.07, 6.45) is 0. The van der Waals surface area contributed by atoms with Gasteiger partial charge in [-0.1, -0.05) is 66.7 Å². The fourth-order valence-corrected chi connectivity index (χ4v) is 4.00. The van der Waals surface area contributed by atoms with E-state index in [0.717, 1.165) is 11.3 Å². The lowest BCUT2D eigenvalue weighted by molar-refractivity contribution is 0.799. The van der Waals surface area contributed by atoms with Crippen LogP contribution in [0.2, 0.25) is 0 Å². The largest absolute Gasteiger partial charge is 0.351 e. The summed E-state index contributed by atoms with van der Waals surface area (Å²) in [6.45, 7) is 0. The Kier molecular flexibility index (Phi) is 4.15. The van der Waals surface area contributed by atoms with E-state index in [2.05, 4.69) is 76.7 Å². The predicted octanol–water partition coefficient (Wildman–Crippen LogP) is 4.84. The lowest BCUT2D eigenvalue weighted by atomic mass is 9.91. The van der Waals surface area contributed by atoms with Gasteiger partial charge in [0.15, 0.2) is 5.11 Å². The van der Waals surface area contributed by atoms with E-state index in [1.165, 1.54) is 16.0 Å². The van der Waals surface area contributed by atoms with Crippen LogP contribution >= 0.6 is 23.6 Å². The molecule has 3 aromatic rings. The minimum absolute atomic E-state index is 0.0522. The van der Waals surface area contributed by atoms with Crippen molar-refractivity contribution in [3.63, 3.8) is 0 Å². The van der Waals surface area contributed by atoms with Gasteiger partial charge in [-0.25, -0.2) is 0 Å². The van der Waals surface area contributed by atoms with Crippen LogP contribution in [0, 0.1) is 0 Å². The van der Waals surface area contributed by atoms with Crippen molar-refractivity contribution in [1.29, 1.82) is 0 Å². The molecule has 1 atom stereocenters. The molecule has 118 valence electrons. The van der Waals surface area contributed by atoms with Crippen LogP contribution in [0.3, 0.4) is 0 Å². The summed E-state index contributed by atoms with van der Waals surface area (Å²) in [4.78, 5) is 1.26. The summed E-state index contributed by atoms with van der Waals surface area (Å²) < 4.78 is 0. The standard InChI is InChI=1S/C20H16N2S2/c23-20-21-18(15-10-5-2-6-11-15)17(14-8-3-1-4-9-14)19(22-20)16-12-7-13-24-16/h1-13,19H,(H2,21,22,23). The zero-order chi connectivity index (χ0) is 16.4. The number of nitrogens with one attached hydrogen (secondary N) is 2. The van der Waals surface area contributed by atoms with Crippen LogP contribution in [-0.4, -0.2) is 5.11 Å². The molecule has 0 amide bonds. The Morgan fingerprint density at radius 2 is 1.46 bits per heavy atom. The molecule has 2 aromatic carbocycles. The molecule has 2 nitrogen and oxygen atoms in total. The number of thiocarbonyl (C=S) groups is 1. The number of benzene rings is 2. The molecule has 0 saturated carbocycles. The van der Waals surface area contributed by atoms with Gasteiger partial charge in [0.25, 0.3) is 0 Å². The molecule has 24 heavy (non-hydrogen) atoms. The van der Waals surface area contributed by atoms with Crippen LogP contribution < -0.4 is 10.6 Å². The lowest BCUT2D eigenvalue weighted by Gasteiger charge is -2.32. The topological polar surface area (TPSA) is 24.1 Å². The molecule has 1 aromatic heterocycles. The maximum atomic E-state index is 5.48. The van der Waals surface area contributed by atoms with Gasteiger partial charge in [0.2, 0.25) is 0 Å². The van der Waals surface area contributed by atoms with Crippen LogP contribution in [0.25, 0.3) is 11.3 Å². The highest BCUT2D eigenvalue weighted by atomic mass is 32.1. The fraction of sp³-hybridized carbons (Fsp3) is 0.0500. The summed E-state index contributed by atoms with van der Waals surface area (Å²) in [5.74, 6) is 0. The van der Waals surface area contributed by atoms with Crippen molar-refractivity contribution < 1.29 is 0 Å². The van der Waals surface area contributed by atoms with Crippen LogP contribution in [-0.2, 0) is 0 Å². The molecule has 2 heterocycles. The van der Waals surface area contributed by atoms with Gasteiger partial charge in [-0.15, -0.1) is 11.3 Å². The number of rotatable bonds is 3. The second-order valence-corrected chi connectivity index (χ2v) is 6.96. The van der Waals surface area contributed by atoms with E-state index in [0.29, 0.717) is 5.11 Å². The van der Waals surface area contributed by atoms with Crippen LogP contribution in [0.15, 0.2) is 78.2 Å². The summed E-state index contributed by atoms with van der Waals surface area (Å²) in [6, 6.07) is 25.1. The Bertz CT molecular complexity index is 869. The Labute approximate surface area is 150 Å². The van der Waals surface area contributed by atoms with Gasteiger partial charge in [-0.2, -0.15) is 0 Å². The second kappa shape index (κ2) is 6.59. The van der Waals surface area contributed by atoms with Crippen molar-refractivity contribution in [3.8, 4) is 0 Å². The SMILES string of the molecule is S=C1NC(c2ccccc2)=C(c2ccccc2)C(c2cccs2)N1. The van der Waals surface area contributed by atoms with E-state index in [1.54, 1.807) is 11.3 Å². The molecule has 1 aliphatic rings. The van der Waals surface area contributed by atoms with Gasteiger partial charge in [-0.3, -0.25) is 0 Å². The van der Waals surface area contributed by atoms with Crippen LogP contribution in [0.5, 0.6) is 0 Å². The quantitative estimate of drug-likeness (QED) is 0.663. The molecule has 1 aliphatic heterocycles. The number of thiophene rings is 1. The molecule has 0 spiro atoms. The third-order valence-electron chi connectivity index (χ3n) is 4.05. The highest BCUT2D eigenvalue weighted by molar-refractivity contribution is 7.80. The highest BCUT2D eigenvalue weighted by Crippen LogP contribution is 2.39. The second-order valence-electron chi connectivity index (χ2n) is 5.57. The number of hydrogen-bond donors (Lipinski definition) is 2. The van der Waals surface area contributed by atoms with E-state index in [1.807, 2.05) is 12.1 Å². The van der Waals surface area contributed by atoms with Crippen LogP contribution in [0.1, 0.15) is 22.0 Å². The Morgan fingerprint density at radius 3 is 2.08 bits per heavy atom. The van der Waals surface area contributed by atoms with E-state index >= 15 is 0 Å². The minimum Gasteiger partial charge on any atom is -0.351 e. The zero-order valence-electron chi connectivity index (χ0n) is 12.9. The molecule has 0 radical (unpaired) electrons. The maximum Gasteiger partial charge on any atom is 0.171 e. The average molecular weight is 348 g/mol. The van der Waals surface area contributed by atoms with Gasteiger partial charge < -0.3 is 10.6 Å². The summed E-state index contributed by atoms with van der Waals surface area (Å²) in [7, 11) is 0. The molecule has 4 rings (SSSR count). The van der Waals surface area contributed by atoms with E-state index in [9.17, 15) is 0 Å². The first kappa shape index (κ1) is 15.1. The van der Waals surface area contributed by atoms with Crippen LogP contribution in [0.4, 0.5) is 0 Å². The first-order valence-corrected chi connectivity index (χ1v) is 9.07. The first-order chi connectivity index (χ1) is 11.8. The van der Waals surface area contributed by atoms with Crippen molar-refractivity contribution in [2.24, 2.45) is 0 Å². The van der Waals surface area contributed by atoms with Crippen molar-refractivity contribution in [2.75, 3.05) is 0 Å². The van der Waals surface area contributed by atoms with E-state index in [4.69, 9.17) is 12.2 Å². The zero-order valence-corrected chi connectivity index (χ0v) is 14.5. The van der Waals surface area contributed by atoms with Crippen molar-refractivity contribution >= 4 is 39.9 Å². The monoisotopic (exact) mass is 348 g/mol. The van der Waals surface area contributed by atoms with E-state index < -0.39 is 0 Å². The fourth-order valence-electron chi connectivity index (χ4n) is 2.99. The molecular formula is C20H16N2S2. The summed E-state index contributed by atoms with van der Waals surface area (Å²) >= 11 is 7.23. The highest BCUT2D eigenvalue weighted by Gasteiger charge is 2.28. The molecule has 0 bridgehead atoms. The molecule has 0 aliphatic carbocycles. The predicted molar refractivity (Wildman–Crippen MR) is 106 cm³/mol. The van der Waals surface area contributed by atoms with Crippen molar-refractivity contribution in [3.05, 3.63) is 94.2 Å². The lowest BCUT2D eigenvalue weighted by Crippen LogP contribution is -2.42. The number of hydrogen-bond acceptors (Lipinski definition) is 2. The molecule has 0 fully saturated rings. The third-order valence-corrected chi connectivity index (χ3v) is 5.20. The maximum absolute atomic E-state index is 5.48. The third kappa shape index (κ3) is 2.86. The minimum atomic E-state index is 0.0522. The van der Waals surface area contributed by atoms with Crippen molar-refractivity contribution in [2.45, 2.75) is 6.04 Å². The van der Waals surface area contributed by atoms with Crippen molar-refractivity contribution in [1.82, 2.24) is 10.6 Å². The van der Waals surface area contributed by atoms with Gasteiger partial charge in [-0.05, 0) is 34.8 Å². The smallest absolute Gasteiger partial charge is 0.171 e. The molecular weight excluding hydrogens is 332 g/mol.